The van der Waals surface area contributed by atoms with Gasteiger partial charge in [-0.25, -0.2) is 4.98 Å². The van der Waals surface area contributed by atoms with Gasteiger partial charge in [0.2, 0.25) is 0 Å². The molecule has 0 aliphatic rings. The highest BCUT2D eigenvalue weighted by atomic mass is 15.0. The van der Waals surface area contributed by atoms with E-state index in [4.69, 9.17) is 4.98 Å². The number of fused-ring (bicyclic) bond motifs is 6. The number of pyridine rings is 2. The van der Waals surface area contributed by atoms with E-state index in [1.54, 1.807) is 0 Å². The Morgan fingerprint density at radius 2 is 0.647 bits per heavy atom. The van der Waals surface area contributed by atoms with E-state index in [1.165, 1.54) is 43.6 Å². The molecule has 13 aromatic rings. The molecular weight excluding hydrogens is 825 g/mol. The van der Waals surface area contributed by atoms with Crippen molar-refractivity contribution in [3.63, 3.8) is 0 Å². The molecule has 0 amide bonds. The average Bonchev–Trinajstić information content (AvgIpc) is 3.94. The summed E-state index contributed by atoms with van der Waals surface area (Å²) < 4.78 is 4.80. The minimum atomic E-state index is 0.843. The second kappa shape index (κ2) is 16.4. The zero-order valence-corrected chi connectivity index (χ0v) is 37.0. The second-order valence-corrected chi connectivity index (χ2v) is 17.4. The lowest BCUT2D eigenvalue weighted by molar-refractivity contribution is 1.18. The molecular formula is C64H42N4. The monoisotopic (exact) mass is 866 g/mol. The Morgan fingerprint density at radius 3 is 1.16 bits per heavy atom. The maximum atomic E-state index is 5.08. The van der Waals surface area contributed by atoms with Gasteiger partial charge in [-0.05, 0) is 136 Å². The van der Waals surface area contributed by atoms with Gasteiger partial charge in [0.05, 0.1) is 39.1 Å². The Labute approximate surface area is 394 Å². The molecule has 4 aromatic heterocycles. The number of rotatable bonds is 8. The highest BCUT2D eigenvalue weighted by Crippen LogP contribution is 2.41. The molecule has 9 aromatic carbocycles. The third-order valence-electron chi connectivity index (χ3n) is 13.3. The van der Waals surface area contributed by atoms with Gasteiger partial charge >= 0.3 is 0 Å². The summed E-state index contributed by atoms with van der Waals surface area (Å²) in [6.07, 6.45) is 1.82. The van der Waals surface area contributed by atoms with E-state index < -0.39 is 0 Å². The van der Waals surface area contributed by atoms with Crippen LogP contribution in [0.15, 0.2) is 255 Å². The summed E-state index contributed by atoms with van der Waals surface area (Å²) in [7, 11) is 0. The molecule has 0 radical (unpaired) electrons. The summed E-state index contributed by atoms with van der Waals surface area (Å²) in [5.74, 6) is 0. The van der Waals surface area contributed by atoms with Gasteiger partial charge < -0.3 is 9.13 Å². The van der Waals surface area contributed by atoms with Crippen molar-refractivity contribution in [2.45, 2.75) is 0 Å². The molecule has 0 N–H and O–H groups in total. The van der Waals surface area contributed by atoms with Gasteiger partial charge in [-0.1, -0.05) is 158 Å². The number of benzene rings is 9. The van der Waals surface area contributed by atoms with Crippen molar-refractivity contribution in [2.24, 2.45) is 0 Å². The molecule has 0 aliphatic heterocycles. The fourth-order valence-electron chi connectivity index (χ4n) is 10.1. The minimum absolute atomic E-state index is 0.843. The van der Waals surface area contributed by atoms with Gasteiger partial charge in [0.1, 0.15) is 0 Å². The van der Waals surface area contributed by atoms with Gasteiger partial charge in [-0.15, -0.1) is 0 Å². The molecule has 0 saturated heterocycles. The molecule has 4 heterocycles. The van der Waals surface area contributed by atoms with Crippen molar-refractivity contribution in [1.29, 1.82) is 0 Å². The van der Waals surface area contributed by atoms with Crippen molar-refractivity contribution in [3.8, 4) is 78.5 Å². The average molecular weight is 867 g/mol. The van der Waals surface area contributed by atoms with Crippen LogP contribution in [0.25, 0.3) is 122 Å². The summed E-state index contributed by atoms with van der Waals surface area (Å²) in [5, 5.41) is 4.95. The van der Waals surface area contributed by atoms with Crippen LogP contribution in [0, 0.1) is 0 Å². The van der Waals surface area contributed by atoms with Crippen LogP contribution in [-0.4, -0.2) is 19.1 Å². The lowest BCUT2D eigenvalue weighted by Crippen LogP contribution is -1.94. The highest BCUT2D eigenvalue weighted by molar-refractivity contribution is 6.11. The molecule has 0 saturated carbocycles. The van der Waals surface area contributed by atoms with E-state index >= 15 is 0 Å². The van der Waals surface area contributed by atoms with Crippen LogP contribution >= 0.6 is 0 Å². The molecule has 4 nitrogen and oxygen atoms in total. The number of hydrogen-bond donors (Lipinski definition) is 0. The summed E-state index contributed by atoms with van der Waals surface area (Å²) in [6, 6.07) is 89.5. The summed E-state index contributed by atoms with van der Waals surface area (Å²) >= 11 is 0. The highest BCUT2D eigenvalue weighted by Gasteiger charge is 2.18. The smallest absolute Gasteiger partial charge is 0.0899 e. The van der Waals surface area contributed by atoms with Crippen LogP contribution < -0.4 is 0 Å². The number of para-hydroxylation sites is 4. The van der Waals surface area contributed by atoms with Gasteiger partial charge in [-0.2, -0.15) is 0 Å². The van der Waals surface area contributed by atoms with Crippen LogP contribution in [0.2, 0.25) is 0 Å². The predicted octanol–water partition coefficient (Wildman–Crippen LogP) is 16.7. The zero-order chi connectivity index (χ0) is 45.0. The van der Waals surface area contributed by atoms with Crippen LogP contribution in [0.4, 0.5) is 0 Å². The summed E-state index contributed by atoms with van der Waals surface area (Å²) in [5.41, 5.74) is 19.8. The molecule has 318 valence electrons. The Hall–Kier alpha value is -9.12. The lowest BCUT2D eigenvalue weighted by atomic mass is 9.92. The third-order valence-corrected chi connectivity index (χ3v) is 13.3. The Balaban J connectivity index is 0.987. The minimum Gasteiger partial charge on any atom is -0.309 e. The lowest BCUT2D eigenvalue weighted by Gasteiger charge is -2.14. The number of aromatic nitrogens is 4. The SMILES string of the molecule is c1ccc(-c2cc(-c3ccc(-c4cc(-c5ccc6c7ccccc7n(-c7ccccc7)c6c5)cc(-c5ccc6c7ccccc7n(-c7ccccc7)c6c5)c4)cc3)cc(-c3ccccn3)n2)cc1. The Bertz CT molecular complexity index is 3750. The van der Waals surface area contributed by atoms with E-state index in [1.807, 2.05) is 30.5 Å². The van der Waals surface area contributed by atoms with Gasteiger partial charge in [0.25, 0.3) is 0 Å². The summed E-state index contributed by atoms with van der Waals surface area (Å²) in [4.78, 5) is 9.75. The van der Waals surface area contributed by atoms with E-state index in [0.29, 0.717) is 0 Å². The van der Waals surface area contributed by atoms with Crippen LogP contribution in [0.1, 0.15) is 0 Å². The molecule has 13 rings (SSSR count). The normalized spacial score (nSPS) is 11.5. The fraction of sp³-hybridized carbons (Fsp3) is 0. The second-order valence-electron chi connectivity index (χ2n) is 17.4. The fourth-order valence-corrected chi connectivity index (χ4v) is 10.1. The van der Waals surface area contributed by atoms with Crippen molar-refractivity contribution in [1.82, 2.24) is 19.1 Å². The van der Waals surface area contributed by atoms with Gasteiger partial charge in [0, 0.05) is 44.7 Å². The standard InChI is InChI=1S/C64H42N4/c1-4-16-45(17-5-1)59-39-51(40-60(66-59)58-24-14-15-35-65-58)44-29-27-43(28-30-44)48-36-49(46-31-33-56-54-22-10-12-25-61(54)67(63(56)41-46)52-18-6-2-7-19-52)38-50(37-48)47-32-34-57-55-23-11-13-26-62(55)68(64(57)42-47)53-20-8-3-9-21-53/h1-42H. The first-order valence-corrected chi connectivity index (χ1v) is 23.1. The molecule has 0 atom stereocenters. The molecule has 4 heteroatoms. The Morgan fingerprint density at radius 1 is 0.235 bits per heavy atom. The first-order valence-electron chi connectivity index (χ1n) is 23.1. The third kappa shape index (κ3) is 6.86. The molecule has 0 fully saturated rings. The van der Waals surface area contributed by atoms with Crippen molar-refractivity contribution in [3.05, 3.63) is 255 Å². The number of nitrogens with zero attached hydrogens (tertiary/aromatic N) is 4. The first kappa shape index (κ1) is 39.3. The molecule has 68 heavy (non-hydrogen) atoms. The maximum Gasteiger partial charge on any atom is 0.0899 e. The first-order chi connectivity index (χ1) is 33.7. The topological polar surface area (TPSA) is 35.6 Å². The zero-order valence-electron chi connectivity index (χ0n) is 37.0. The largest absolute Gasteiger partial charge is 0.309 e. The van der Waals surface area contributed by atoms with E-state index in [-0.39, 0.29) is 0 Å². The van der Waals surface area contributed by atoms with Crippen LogP contribution in [0.3, 0.4) is 0 Å². The van der Waals surface area contributed by atoms with Crippen molar-refractivity contribution < 1.29 is 0 Å². The molecule has 0 bridgehead atoms. The van der Waals surface area contributed by atoms with Crippen LogP contribution in [0.5, 0.6) is 0 Å². The van der Waals surface area contributed by atoms with Crippen molar-refractivity contribution >= 4 is 43.6 Å². The van der Waals surface area contributed by atoms with Gasteiger partial charge in [-0.3, -0.25) is 4.98 Å². The van der Waals surface area contributed by atoms with E-state index in [0.717, 1.165) is 78.5 Å². The molecule has 0 spiro atoms. The quantitative estimate of drug-likeness (QED) is 0.153. The van der Waals surface area contributed by atoms with Crippen molar-refractivity contribution in [2.75, 3.05) is 0 Å². The maximum absolute atomic E-state index is 5.08. The van der Waals surface area contributed by atoms with E-state index in [2.05, 4.69) is 239 Å². The van der Waals surface area contributed by atoms with Gasteiger partial charge in [0.15, 0.2) is 0 Å². The van der Waals surface area contributed by atoms with Crippen LogP contribution in [-0.2, 0) is 0 Å². The number of hydrogen-bond acceptors (Lipinski definition) is 2. The predicted molar refractivity (Wildman–Crippen MR) is 283 cm³/mol. The molecule has 0 aliphatic carbocycles. The Kier molecular flexibility index (Phi) is 9.47. The summed E-state index contributed by atoms with van der Waals surface area (Å²) in [6.45, 7) is 0. The molecule has 0 unspecified atom stereocenters. The van der Waals surface area contributed by atoms with E-state index in [9.17, 15) is 0 Å².